The van der Waals surface area contributed by atoms with E-state index >= 15 is 0 Å². The molecule has 2 aromatic carbocycles. The number of ether oxygens (including phenoxy) is 1. The summed E-state index contributed by atoms with van der Waals surface area (Å²) in [6, 6.07) is 14.9. The molecule has 2 unspecified atom stereocenters. The van der Waals surface area contributed by atoms with Crippen LogP contribution in [0.1, 0.15) is 37.3 Å². The molecule has 3 rings (SSSR count). The third kappa shape index (κ3) is 4.54. The van der Waals surface area contributed by atoms with Crippen LogP contribution in [0.3, 0.4) is 0 Å². The lowest BCUT2D eigenvalue weighted by atomic mass is 9.98. The number of hydrogen-bond donors (Lipinski definition) is 4. The summed E-state index contributed by atoms with van der Waals surface area (Å²) in [4.78, 5) is 36.1. The molecule has 0 saturated carbocycles. The van der Waals surface area contributed by atoms with Gasteiger partial charge >= 0.3 is 12.1 Å². The molecule has 0 radical (unpaired) electrons. The number of aliphatic hydroxyl groups excluding tert-OH is 1. The molecule has 1 aliphatic rings. The number of aliphatic carboxylic acids is 1. The van der Waals surface area contributed by atoms with E-state index in [1.807, 2.05) is 48.5 Å². The first-order chi connectivity index (χ1) is 14.8. The number of carboxylic acid groups (broad SMARTS) is 1. The minimum absolute atomic E-state index is 0.0986. The van der Waals surface area contributed by atoms with Gasteiger partial charge in [0.2, 0.25) is 5.91 Å². The Morgan fingerprint density at radius 2 is 1.61 bits per heavy atom. The van der Waals surface area contributed by atoms with Crippen LogP contribution in [-0.2, 0) is 14.3 Å². The lowest BCUT2D eigenvalue weighted by molar-refractivity contribution is -0.149. The molecule has 0 aliphatic heterocycles. The average molecular weight is 426 g/mol. The molecular formula is C23H26N2O6. The third-order valence-electron chi connectivity index (χ3n) is 5.55. The van der Waals surface area contributed by atoms with Gasteiger partial charge < -0.3 is 25.6 Å². The molecule has 8 nitrogen and oxygen atoms in total. The van der Waals surface area contributed by atoms with Crippen LogP contribution in [0.4, 0.5) is 4.79 Å². The predicted octanol–water partition coefficient (Wildman–Crippen LogP) is 2.26. The van der Waals surface area contributed by atoms with Crippen LogP contribution in [0, 0.1) is 0 Å². The first-order valence-electron chi connectivity index (χ1n) is 10.1. The number of hydrogen-bond acceptors (Lipinski definition) is 5. The van der Waals surface area contributed by atoms with E-state index in [0.717, 1.165) is 22.3 Å². The van der Waals surface area contributed by atoms with Crippen LogP contribution >= 0.6 is 0 Å². The molecule has 8 heteroatoms. The Morgan fingerprint density at radius 1 is 1.06 bits per heavy atom. The standard InChI is InChI=1S/C23H26N2O6/c1-3-19(20(27)25-23(2,13-26)21(28)29)24-22(30)31-12-18-16-10-6-4-8-14(16)15-9-5-7-11-17(15)18/h4-11,18-19,26H,3,12-13H2,1-2H3,(H,24,30)(H,25,27)(H,28,29). The predicted molar refractivity (Wildman–Crippen MR) is 114 cm³/mol. The summed E-state index contributed by atoms with van der Waals surface area (Å²) in [6.45, 7) is 2.18. The number of aliphatic hydroxyl groups is 1. The number of carboxylic acids is 1. The molecule has 0 saturated heterocycles. The lowest BCUT2D eigenvalue weighted by Gasteiger charge is -2.26. The van der Waals surface area contributed by atoms with Crippen molar-refractivity contribution in [1.82, 2.24) is 10.6 Å². The van der Waals surface area contributed by atoms with Crippen LogP contribution < -0.4 is 10.6 Å². The molecule has 1 aliphatic carbocycles. The van der Waals surface area contributed by atoms with Crippen LogP contribution in [0.2, 0.25) is 0 Å². The molecule has 0 heterocycles. The second kappa shape index (κ2) is 9.18. The molecular weight excluding hydrogens is 400 g/mol. The second-order valence-electron chi connectivity index (χ2n) is 7.72. The van der Waals surface area contributed by atoms with Crippen molar-refractivity contribution >= 4 is 18.0 Å². The molecule has 4 N–H and O–H groups in total. The first kappa shape index (κ1) is 22.3. The van der Waals surface area contributed by atoms with Gasteiger partial charge in [0.15, 0.2) is 5.54 Å². The SMILES string of the molecule is CCC(NC(=O)OCC1c2ccccc2-c2ccccc21)C(=O)NC(C)(CO)C(=O)O. The molecule has 0 bridgehead atoms. The van der Waals surface area contributed by atoms with Crippen molar-refractivity contribution in [1.29, 1.82) is 0 Å². The van der Waals surface area contributed by atoms with Gasteiger partial charge in [-0.2, -0.15) is 0 Å². The van der Waals surface area contributed by atoms with Crippen molar-refractivity contribution in [2.24, 2.45) is 0 Å². The Hall–Kier alpha value is -3.39. The van der Waals surface area contributed by atoms with E-state index in [1.54, 1.807) is 6.92 Å². The van der Waals surface area contributed by atoms with Gasteiger partial charge in [-0.25, -0.2) is 9.59 Å². The van der Waals surface area contributed by atoms with Crippen molar-refractivity contribution in [2.45, 2.75) is 37.8 Å². The number of alkyl carbamates (subject to hydrolysis) is 1. The second-order valence-corrected chi connectivity index (χ2v) is 7.72. The smallest absolute Gasteiger partial charge is 0.407 e. The zero-order valence-electron chi connectivity index (χ0n) is 17.4. The van der Waals surface area contributed by atoms with Crippen molar-refractivity contribution in [3.05, 3.63) is 59.7 Å². The van der Waals surface area contributed by atoms with E-state index in [0.29, 0.717) is 0 Å². The number of carbonyl (C=O) groups excluding carboxylic acids is 2. The molecule has 164 valence electrons. The summed E-state index contributed by atoms with van der Waals surface area (Å²) >= 11 is 0. The van der Waals surface area contributed by atoms with E-state index < -0.39 is 36.2 Å². The fraction of sp³-hybridized carbons (Fsp3) is 0.348. The van der Waals surface area contributed by atoms with E-state index in [9.17, 15) is 24.6 Å². The maximum atomic E-state index is 12.4. The van der Waals surface area contributed by atoms with Gasteiger partial charge in [0.25, 0.3) is 0 Å². The summed E-state index contributed by atoms with van der Waals surface area (Å²) in [5.41, 5.74) is 2.51. The van der Waals surface area contributed by atoms with Gasteiger partial charge in [0.1, 0.15) is 12.6 Å². The molecule has 0 aromatic heterocycles. The Labute approximate surface area is 180 Å². The van der Waals surface area contributed by atoms with E-state index in [4.69, 9.17) is 4.74 Å². The largest absolute Gasteiger partial charge is 0.479 e. The number of nitrogens with one attached hydrogen (secondary N) is 2. The van der Waals surface area contributed by atoms with Gasteiger partial charge in [0.05, 0.1) is 6.61 Å². The van der Waals surface area contributed by atoms with Gasteiger partial charge in [-0.3, -0.25) is 4.79 Å². The van der Waals surface area contributed by atoms with Crippen molar-refractivity contribution in [3.8, 4) is 11.1 Å². The molecule has 31 heavy (non-hydrogen) atoms. The lowest BCUT2D eigenvalue weighted by Crippen LogP contribution is -2.59. The Bertz CT molecular complexity index is 946. The summed E-state index contributed by atoms with van der Waals surface area (Å²) in [5.74, 6) is -2.20. The Morgan fingerprint density at radius 3 is 2.10 bits per heavy atom. The molecule has 0 spiro atoms. The van der Waals surface area contributed by atoms with E-state index in [1.165, 1.54) is 6.92 Å². The van der Waals surface area contributed by atoms with Crippen molar-refractivity contribution < 1.29 is 29.3 Å². The topological polar surface area (TPSA) is 125 Å². The minimum atomic E-state index is -1.84. The van der Waals surface area contributed by atoms with E-state index in [2.05, 4.69) is 10.6 Å². The number of rotatable bonds is 8. The summed E-state index contributed by atoms with van der Waals surface area (Å²) < 4.78 is 5.43. The molecule has 2 atom stereocenters. The monoisotopic (exact) mass is 426 g/mol. The van der Waals surface area contributed by atoms with Crippen molar-refractivity contribution in [2.75, 3.05) is 13.2 Å². The summed E-state index contributed by atoms with van der Waals surface area (Å²) in [7, 11) is 0. The zero-order valence-corrected chi connectivity index (χ0v) is 17.4. The maximum Gasteiger partial charge on any atom is 0.407 e. The Balaban J connectivity index is 1.64. The first-order valence-corrected chi connectivity index (χ1v) is 10.1. The van der Waals surface area contributed by atoms with Crippen LogP contribution in [0.15, 0.2) is 48.5 Å². The fourth-order valence-corrected chi connectivity index (χ4v) is 3.65. The van der Waals surface area contributed by atoms with Gasteiger partial charge in [-0.1, -0.05) is 55.5 Å². The van der Waals surface area contributed by atoms with Crippen molar-refractivity contribution in [3.63, 3.8) is 0 Å². The fourth-order valence-electron chi connectivity index (χ4n) is 3.65. The number of amides is 2. The number of fused-ring (bicyclic) bond motifs is 3. The highest BCUT2D eigenvalue weighted by Gasteiger charge is 2.36. The minimum Gasteiger partial charge on any atom is -0.479 e. The van der Waals surface area contributed by atoms with Crippen LogP contribution in [0.25, 0.3) is 11.1 Å². The zero-order chi connectivity index (χ0) is 22.6. The Kier molecular flexibility index (Phi) is 6.60. The van der Waals surface area contributed by atoms with Gasteiger partial charge in [-0.15, -0.1) is 0 Å². The highest BCUT2D eigenvalue weighted by Crippen LogP contribution is 2.44. The van der Waals surface area contributed by atoms with E-state index in [-0.39, 0.29) is 18.9 Å². The molecule has 2 aromatic rings. The summed E-state index contributed by atoms with van der Waals surface area (Å²) in [6.07, 6.45) is -0.554. The summed E-state index contributed by atoms with van der Waals surface area (Å²) in [5, 5.41) is 23.2. The highest BCUT2D eigenvalue weighted by atomic mass is 16.5. The quantitative estimate of drug-likeness (QED) is 0.513. The average Bonchev–Trinajstić information content (AvgIpc) is 3.09. The van der Waals surface area contributed by atoms with Gasteiger partial charge in [-0.05, 0) is 35.6 Å². The number of benzene rings is 2. The number of carbonyl (C=O) groups is 3. The van der Waals surface area contributed by atoms with Crippen LogP contribution in [0.5, 0.6) is 0 Å². The highest BCUT2D eigenvalue weighted by molar-refractivity contribution is 5.91. The maximum absolute atomic E-state index is 12.4. The molecule has 2 amide bonds. The van der Waals surface area contributed by atoms with Crippen LogP contribution in [-0.4, -0.2) is 53.0 Å². The van der Waals surface area contributed by atoms with Gasteiger partial charge in [0, 0.05) is 5.92 Å². The molecule has 0 fully saturated rings. The normalized spacial score (nSPS) is 15.2. The third-order valence-corrected chi connectivity index (χ3v) is 5.55.